The second-order valence-electron chi connectivity index (χ2n) is 12.8. The predicted molar refractivity (Wildman–Crippen MR) is 132 cm³/mol. The fraction of sp³-hybridized carbons (Fsp3) is 0.828. The molecule has 33 heavy (non-hydrogen) atoms. The molecule has 0 aromatic heterocycles. The van der Waals surface area contributed by atoms with Gasteiger partial charge in [-0.3, -0.25) is 4.79 Å². The highest BCUT2D eigenvalue weighted by atomic mass is 16.5. The molecule has 0 N–H and O–H groups in total. The fourth-order valence-electron chi connectivity index (χ4n) is 10.1. The van der Waals surface area contributed by atoms with Gasteiger partial charge in [0.15, 0.2) is 0 Å². The van der Waals surface area contributed by atoms with E-state index in [1.807, 2.05) is 0 Å². The Morgan fingerprint density at radius 1 is 1.06 bits per heavy atom. The molecule has 0 amide bonds. The van der Waals surface area contributed by atoms with E-state index >= 15 is 0 Å². The molecule has 1 unspecified atom stereocenters. The average Bonchev–Trinajstić information content (AvgIpc) is 3.02. The van der Waals surface area contributed by atoms with Crippen LogP contribution in [0.2, 0.25) is 0 Å². The molecule has 0 bridgehead atoms. The standard InChI is InChI=1S/C29H42N2O2/c1-17-27-23(21-7-5-6-8-26(21)31-30-17)16-25-22-10-9-19-15-20(33-18(2)32)11-13-28(19,3)24(22)12-14-29(25,27)4/h9,20-25,27H,5-8,10-16H2,1-4H3/t20-,21?,22+,23-,24-,25-,27-,28-,29-/m0/s1. The van der Waals surface area contributed by atoms with Gasteiger partial charge in [0.25, 0.3) is 0 Å². The Bertz CT molecular complexity index is 934. The highest BCUT2D eigenvalue weighted by Gasteiger charge is 2.63. The van der Waals surface area contributed by atoms with Gasteiger partial charge in [-0.2, -0.15) is 10.2 Å². The fourth-order valence-corrected chi connectivity index (χ4v) is 10.1. The Balaban J connectivity index is 1.31. The molecule has 0 saturated heterocycles. The van der Waals surface area contributed by atoms with Crippen molar-refractivity contribution in [1.82, 2.24) is 0 Å². The Kier molecular flexibility index (Phi) is 5.20. The molecule has 4 fully saturated rings. The van der Waals surface area contributed by atoms with Crippen molar-refractivity contribution >= 4 is 17.4 Å². The zero-order valence-electron chi connectivity index (χ0n) is 21.1. The number of fused-ring (bicyclic) bond motifs is 9. The summed E-state index contributed by atoms with van der Waals surface area (Å²) in [5.74, 6) is 4.30. The first-order valence-corrected chi connectivity index (χ1v) is 13.8. The van der Waals surface area contributed by atoms with E-state index in [1.165, 1.54) is 69.2 Å². The lowest BCUT2D eigenvalue weighted by atomic mass is 9.47. The van der Waals surface area contributed by atoms with Crippen molar-refractivity contribution in [2.75, 3.05) is 0 Å². The first-order chi connectivity index (χ1) is 15.8. The molecule has 4 heteroatoms. The van der Waals surface area contributed by atoms with Crippen molar-refractivity contribution in [3.63, 3.8) is 0 Å². The lowest BCUT2D eigenvalue weighted by molar-refractivity contribution is -0.148. The van der Waals surface area contributed by atoms with E-state index in [-0.39, 0.29) is 12.1 Å². The van der Waals surface area contributed by atoms with Crippen molar-refractivity contribution in [2.24, 2.45) is 56.5 Å². The summed E-state index contributed by atoms with van der Waals surface area (Å²) < 4.78 is 5.64. The molecule has 4 nitrogen and oxygen atoms in total. The average molecular weight is 451 g/mol. The smallest absolute Gasteiger partial charge is 0.302 e. The normalized spacial score (nSPS) is 48.5. The third-order valence-corrected chi connectivity index (χ3v) is 11.4. The summed E-state index contributed by atoms with van der Waals surface area (Å²) in [6, 6.07) is 0. The number of rotatable bonds is 1. The van der Waals surface area contributed by atoms with E-state index in [2.05, 4.69) is 26.8 Å². The van der Waals surface area contributed by atoms with E-state index in [4.69, 9.17) is 14.9 Å². The van der Waals surface area contributed by atoms with Gasteiger partial charge in [0.1, 0.15) is 6.10 Å². The third kappa shape index (κ3) is 3.25. The van der Waals surface area contributed by atoms with E-state index in [0.29, 0.717) is 22.7 Å². The minimum atomic E-state index is -0.126. The van der Waals surface area contributed by atoms with Crippen LogP contribution < -0.4 is 0 Å². The maximum absolute atomic E-state index is 11.6. The van der Waals surface area contributed by atoms with Gasteiger partial charge in [0.2, 0.25) is 0 Å². The van der Waals surface area contributed by atoms with Crippen LogP contribution in [-0.2, 0) is 9.53 Å². The van der Waals surface area contributed by atoms with Gasteiger partial charge in [-0.25, -0.2) is 0 Å². The Labute approximate surface area is 199 Å². The maximum atomic E-state index is 11.6. The summed E-state index contributed by atoms with van der Waals surface area (Å²) in [4.78, 5) is 11.6. The number of carbonyl (C=O) groups is 1. The summed E-state index contributed by atoms with van der Waals surface area (Å²) in [6.45, 7) is 9.02. The molecule has 9 atom stereocenters. The summed E-state index contributed by atoms with van der Waals surface area (Å²) in [5, 5.41) is 9.66. The summed E-state index contributed by atoms with van der Waals surface area (Å²) in [5.41, 5.74) is 5.01. The van der Waals surface area contributed by atoms with Crippen molar-refractivity contribution in [2.45, 2.75) is 104 Å². The minimum absolute atomic E-state index is 0.0909. The Hall–Kier alpha value is -1.45. The van der Waals surface area contributed by atoms with Crippen molar-refractivity contribution in [3.05, 3.63) is 11.6 Å². The van der Waals surface area contributed by atoms with Crippen LogP contribution in [0.25, 0.3) is 0 Å². The van der Waals surface area contributed by atoms with Crippen LogP contribution in [0.4, 0.5) is 0 Å². The molecule has 0 spiro atoms. The highest BCUT2D eigenvalue weighted by Crippen LogP contribution is 2.69. The quantitative estimate of drug-likeness (QED) is 0.328. The molecule has 6 rings (SSSR count). The van der Waals surface area contributed by atoms with Gasteiger partial charge in [-0.1, -0.05) is 31.9 Å². The molecule has 1 heterocycles. The number of nitrogens with zero attached hydrogens (tertiary/aromatic N) is 2. The molecule has 6 aliphatic rings. The largest absolute Gasteiger partial charge is 0.462 e. The highest BCUT2D eigenvalue weighted by molar-refractivity contribution is 5.93. The van der Waals surface area contributed by atoms with Crippen molar-refractivity contribution in [3.8, 4) is 0 Å². The van der Waals surface area contributed by atoms with Gasteiger partial charge in [-0.05, 0) is 99.2 Å². The second kappa shape index (κ2) is 7.78. The lowest BCUT2D eigenvalue weighted by Gasteiger charge is -2.58. The number of allylic oxidation sites excluding steroid dienone is 1. The number of hydrogen-bond acceptors (Lipinski definition) is 4. The first kappa shape index (κ1) is 22.0. The number of ether oxygens (including phenoxy) is 1. The second-order valence-corrected chi connectivity index (χ2v) is 12.8. The zero-order valence-corrected chi connectivity index (χ0v) is 21.1. The van der Waals surface area contributed by atoms with Crippen LogP contribution in [0.5, 0.6) is 0 Å². The molecule has 0 aromatic rings. The molecular weight excluding hydrogens is 408 g/mol. The SMILES string of the molecule is CC(=O)O[C@H]1CC[C@@]2(C)C(=CC[C@H]3[C@@H]4C[C@H]5C6CCCCC6=NN=C(C)[C@@H]5[C@@]4(C)CC[C@@H]32)C1. The monoisotopic (exact) mass is 450 g/mol. The van der Waals surface area contributed by atoms with Gasteiger partial charge in [0, 0.05) is 36.6 Å². The van der Waals surface area contributed by atoms with Crippen LogP contribution in [0.3, 0.4) is 0 Å². The molecule has 4 saturated carbocycles. The maximum Gasteiger partial charge on any atom is 0.302 e. The molecule has 0 aromatic carbocycles. The van der Waals surface area contributed by atoms with Crippen LogP contribution in [-0.4, -0.2) is 23.5 Å². The first-order valence-electron chi connectivity index (χ1n) is 13.8. The number of hydrogen-bond donors (Lipinski definition) is 0. The van der Waals surface area contributed by atoms with Crippen LogP contribution in [0.1, 0.15) is 98.3 Å². The van der Waals surface area contributed by atoms with Gasteiger partial charge >= 0.3 is 5.97 Å². The molecule has 5 aliphatic carbocycles. The number of esters is 1. The third-order valence-electron chi connectivity index (χ3n) is 11.4. The van der Waals surface area contributed by atoms with Crippen LogP contribution in [0, 0.1) is 46.3 Å². The van der Waals surface area contributed by atoms with E-state index in [1.54, 1.807) is 12.5 Å². The summed E-state index contributed by atoms with van der Waals surface area (Å²) in [7, 11) is 0. The zero-order chi connectivity index (χ0) is 23.0. The van der Waals surface area contributed by atoms with Crippen LogP contribution >= 0.6 is 0 Å². The Morgan fingerprint density at radius 2 is 1.91 bits per heavy atom. The van der Waals surface area contributed by atoms with E-state index < -0.39 is 0 Å². The lowest BCUT2D eigenvalue weighted by Crippen LogP contribution is -2.51. The summed E-state index contributed by atoms with van der Waals surface area (Å²) >= 11 is 0. The number of carbonyl (C=O) groups excluding carboxylic acids is 1. The predicted octanol–water partition coefficient (Wildman–Crippen LogP) is 6.74. The molecule has 180 valence electrons. The van der Waals surface area contributed by atoms with E-state index in [0.717, 1.165) is 36.5 Å². The molecule has 1 aliphatic heterocycles. The molecule has 0 radical (unpaired) electrons. The van der Waals surface area contributed by atoms with Gasteiger partial charge in [0.05, 0.1) is 0 Å². The van der Waals surface area contributed by atoms with E-state index in [9.17, 15) is 4.79 Å². The minimum Gasteiger partial charge on any atom is -0.462 e. The van der Waals surface area contributed by atoms with Gasteiger partial charge in [-0.15, -0.1) is 0 Å². The van der Waals surface area contributed by atoms with Crippen molar-refractivity contribution < 1.29 is 9.53 Å². The van der Waals surface area contributed by atoms with Crippen molar-refractivity contribution in [1.29, 1.82) is 0 Å². The molecular formula is C29H42N2O2. The van der Waals surface area contributed by atoms with Gasteiger partial charge < -0.3 is 4.74 Å². The van der Waals surface area contributed by atoms with Crippen LogP contribution in [0.15, 0.2) is 21.9 Å². The summed E-state index contributed by atoms with van der Waals surface area (Å²) in [6.07, 6.45) is 16.3. The Morgan fingerprint density at radius 3 is 2.73 bits per heavy atom. The topological polar surface area (TPSA) is 51.0 Å².